The van der Waals surface area contributed by atoms with Crippen LogP contribution in [0.15, 0.2) is 42.5 Å². The second kappa shape index (κ2) is 7.99. The first-order valence-electron chi connectivity index (χ1n) is 8.69. The highest BCUT2D eigenvalue weighted by Crippen LogP contribution is 2.26. The topological polar surface area (TPSA) is 85.1 Å². The molecule has 7 nitrogen and oxygen atoms in total. The second-order valence-corrected chi connectivity index (χ2v) is 6.28. The van der Waals surface area contributed by atoms with Gasteiger partial charge in [0.15, 0.2) is 0 Å². The predicted molar refractivity (Wildman–Crippen MR) is 102 cm³/mol. The number of carbonyl (C=O) groups excluding carboxylic acids is 2. The molecule has 2 amide bonds. The third kappa shape index (κ3) is 3.97. The minimum absolute atomic E-state index is 0.0728. The highest BCUT2D eigenvalue weighted by Gasteiger charge is 2.27. The molecule has 1 fully saturated rings. The highest BCUT2D eigenvalue weighted by atomic mass is 16.5. The lowest BCUT2D eigenvalue weighted by molar-refractivity contribution is 0.0533. The largest absolute Gasteiger partial charge is 0.497 e. The Hall–Kier alpha value is -3.22. The maximum Gasteiger partial charge on any atom is 0.257 e. The lowest BCUT2D eigenvalue weighted by atomic mass is 10.1. The van der Waals surface area contributed by atoms with Crippen molar-refractivity contribution in [2.24, 2.45) is 0 Å². The number of hydrogen-bond acceptors (Lipinski definition) is 5. The van der Waals surface area contributed by atoms with E-state index in [0.717, 1.165) is 0 Å². The third-order valence-electron chi connectivity index (χ3n) is 4.63. The van der Waals surface area contributed by atoms with Crippen molar-refractivity contribution in [1.29, 1.82) is 0 Å². The minimum atomic E-state index is -0.120. The second-order valence-electron chi connectivity index (χ2n) is 6.28. The molecule has 0 aromatic heterocycles. The molecule has 0 bridgehead atoms. The van der Waals surface area contributed by atoms with Crippen molar-refractivity contribution in [2.75, 3.05) is 46.1 Å². The number of carbonyl (C=O) groups is 2. The average molecular weight is 369 g/mol. The lowest BCUT2D eigenvalue weighted by Gasteiger charge is -2.35. The summed E-state index contributed by atoms with van der Waals surface area (Å²) in [5, 5.41) is 0. The van der Waals surface area contributed by atoms with E-state index in [2.05, 4.69) is 0 Å². The Kier molecular flexibility index (Phi) is 5.49. The van der Waals surface area contributed by atoms with Gasteiger partial charge in [-0.2, -0.15) is 0 Å². The Labute approximate surface area is 158 Å². The van der Waals surface area contributed by atoms with E-state index < -0.39 is 0 Å². The molecule has 142 valence electrons. The molecule has 0 spiro atoms. The van der Waals surface area contributed by atoms with Gasteiger partial charge >= 0.3 is 0 Å². The number of rotatable bonds is 4. The molecule has 1 saturated heterocycles. The van der Waals surface area contributed by atoms with E-state index >= 15 is 0 Å². The molecule has 2 aromatic rings. The number of hydrogen-bond donors (Lipinski definition) is 1. The van der Waals surface area contributed by atoms with Crippen molar-refractivity contribution < 1.29 is 19.1 Å². The Morgan fingerprint density at radius 3 is 2.15 bits per heavy atom. The average Bonchev–Trinajstić information content (AvgIpc) is 2.72. The summed E-state index contributed by atoms with van der Waals surface area (Å²) < 4.78 is 10.5. The van der Waals surface area contributed by atoms with Crippen LogP contribution in [0.25, 0.3) is 0 Å². The van der Waals surface area contributed by atoms with Crippen LogP contribution in [0, 0.1) is 0 Å². The number of nitrogen functional groups attached to an aromatic ring is 1. The number of benzene rings is 2. The van der Waals surface area contributed by atoms with E-state index in [1.807, 2.05) is 0 Å². The van der Waals surface area contributed by atoms with Crippen LogP contribution in [0.2, 0.25) is 0 Å². The molecule has 7 heteroatoms. The van der Waals surface area contributed by atoms with E-state index in [9.17, 15) is 9.59 Å². The van der Waals surface area contributed by atoms with Crippen molar-refractivity contribution >= 4 is 17.5 Å². The van der Waals surface area contributed by atoms with Crippen LogP contribution >= 0.6 is 0 Å². The molecule has 2 aromatic carbocycles. The summed E-state index contributed by atoms with van der Waals surface area (Å²) in [6, 6.07) is 12.0. The summed E-state index contributed by atoms with van der Waals surface area (Å²) in [5.41, 5.74) is 7.35. The van der Waals surface area contributed by atoms with Crippen molar-refractivity contribution in [1.82, 2.24) is 9.80 Å². The van der Waals surface area contributed by atoms with Gasteiger partial charge in [0.1, 0.15) is 11.5 Å². The standard InChI is InChI=1S/C20H23N3O4/c1-26-16-6-7-17(18(13-16)27-2)20(25)23-10-8-22(9-11-23)19(24)14-4-3-5-15(21)12-14/h3-7,12-13H,8-11,21H2,1-2H3. The Bertz CT molecular complexity index is 845. The van der Waals surface area contributed by atoms with Crippen molar-refractivity contribution in [2.45, 2.75) is 0 Å². The van der Waals surface area contributed by atoms with Crippen LogP contribution < -0.4 is 15.2 Å². The van der Waals surface area contributed by atoms with Gasteiger partial charge in [0.25, 0.3) is 11.8 Å². The minimum Gasteiger partial charge on any atom is -0.497 e. The summed E-state index contributed by atoms with van der Waals surface area (Å²) >= 11 is 0. The summed E-state index contributed by atoms with van der Waals surface area (Å²) in [4.78, 5) is 28.9. The summed E-state index contributed by atoms with van der Waals surface area (Å²) in [7, 11) is 3.08. The number of nitrogens with zero attached hydrogens (tertiary/aromatic N) is 2. The number of anilines is 1. The number of ether oxygens (including phenoxy) is 2. The van der Waals surface area contributed by atoms with Gasteiger partial charge in [0.2, 0.25) is 0 Å². The molecular weight excluding hydrogens is 346 g/mol. The number of methoxy groups -OCH3 is 2. The SMILES string of the molecule is COc1ccc(C(=O)N2CCN(C(=O)c3cccc(N)c3)CC2)c(OC)c1. The molecule has 1 heterocycles. The van der Waals surface area contributed by atoms with Crippen LogP contribution in [-0.2, 0) is 0 Å². The van der Waals surface area contributed by atoms with Crippen LogP contribution in [0.5, 0.6) is 11.5 Å². The molecule has 27 heavy (non-hydrogen) atoms. The van der Waals surface area contributed by atoms with E-state index in [-0.39, 0.29) is 11.8 Å². The van der Waals surface area contributed by atoms with Crippen LogP contribution in [0.1, 0.15) is 20.7 Å². The Morgan fingerprint density at radius 2 is 1.56 bits per heavy atom. The zero-order valence-corrected chi connectivity index (χ0v) is 15.5. The van der Waals surface area contributed by atoms with Gasteiger partial charge in [-0.3, -0.25) is 9.59 Å². The first-order chi connectivity index (χ1) is 13.0. The fourth-order valence-electron chi connectivity index (χ4n) is 3.11. The predicted octanol–water partition coefficient (Wildman–Crippen LogP) is 1.88. The third-order valence-corrected chi connectivity index (χ3v) is 4.63. The van der Waals surface area contributed by atoms with Crippen molar-refractivity contribution in [3.05, 3.63) is 53.6 Å². The van der Waals surface area contributed by atoms with E-state index in [1.54, 1.807) is 59.4 Å². The fourth-order valence-corrected chi connectivity index (χ4v) is 3.11. The zero-order chi connectivity index (χ0) is 19.4. The molecule has 3 rings (SSSR count). The number of nitrogens with two attached hydrogens (primary N) is 1. The summed E-state index contributed by atoms with van der Waals surface area (Å²) in [6.07, 6.45) is 0. The van der Waals surface area contributed by atoms with Gasteiger partial charge in [-0.25, -0.2) is 0 Å². The molecule has 0 unspecified atom stereocenters. The first-order valence-corrected chi connectivity index (χ1v) is 8.69. The molecule has 1 aliphatic rings. The van der Waals surface area contributed by atoms with Gasteiger partial charge in [-0.15, -0.1) is 0 Å². The Balaban J connectivity index is 1.67. The molecule has 0 atom stereocenters. The maximum atomic E-state index is 12.9. The molecule has 2 N–H and O–H groups in total. The quantitative estimate of drug-likeness (QED) is 0.832. The van der Waals surface area contributed by atoms with Crippen LogP contribution in [-0.4, -0.2) is 62.0 Å². The normalized spacial score (nSPS) is 14.0. The molecular formula is C20H23N3O4. The van der Waals surface area contributed by atoms with Crippen LogP contribution in [0.3, 0.4) is 0 Å². The van der Waals surface area contributed by atoms with Gasteiger partial charge in [0, 0.05) is 43.5 Å². The monoisotopic (exact) mass is 369 g/mol. The van der Waals surface area contributed by atoms with Crippen molar-refractivity contribution in [3.63, 3.8) is 0 Å². The van der Waals surface area contributed by atoms with Gasteiger partial charge in [-0.05, 0) is 30.3 Å². The van der Waals surface area contributed by atoms with Gasteiger partial charge < -0.3 is 25.0 Å². The summed E-state index contributed by atoms with van der Waals surface area (Å²) in [5.74, 6) is 0.903. The van der Waals surface area contributed by atoms with Gasteiger partial charge in [-0.1, -0.05) is 6.07 Å². The molecule has 1 aliphatic heterocycles. The van der Waals surface area contributed by atoms with Crippen LogP contribution in [0.4, 0.5) is 5.69 Å². The molecule has 0 saturated carbocycles. The van der Waals surface area contributed by atoms with Crippen molar-refractivity contribution in [3.8, 4) is 11.5 Å². The molecule has 0 aliphatic carbocycles. The highest BCUT2D eigenvalue weighted by molar-refractivity contribution is 5.98. The van der Waals surface area contributed by atoms with E-state index in [4.69, 9.17) is 15.2 Å². The zero-order valence-electron chi connectivity index (χ0n) is 15.5. The maximum absolute atomic E-state index is 12.9. The summed E-state index contributed by atoms with van der Waals surface area (Å²) in [6.45, 7) is 1.86. The van der Waals surface area contributed by atoms with E-state index in [0.29, 0.717) is 54.5 Å². The molecule has 0 radical (unpaired) electrons. The number of piperazine rings is 1. The lowest BCUT2D eigenvalue weighted by Crippen LogP contribution is -2.50. The number of amides is 2. The van der Waals surface area contributed by atoms with Gasteiger partial charge in [0.05, 0.1) is 19.8 Å². The first kappa shape index (κ1) is 18.6. The Morgan fingerprint density at radius 1 is 0.889 bits per heavy atom. The van der Waals surface area contributed by atoms with E-state index in [1.165, 1.54) is 7.11 Å². The fraction of sp³-hybridized carbons (Fsp3) is 0.300. The smallest absolute Gasteiger partial charge is 0.257 e.